The van der Waals surface area contributed by atoms with Gasteiger partial charge in [0.05, 0.1) is 12.4 Å². The molecule has 1 atom stereocenters. The number of nitrogens with one attached hydrogen (secondary N) is 1. The molecule has 2 aromatic rings. The van der Waals surface area contributed by atoms with E-state index in [9.17, 15) is 4.79 Å². The number of methoxy groups -OCH3 is 1. The summed E-state index contributed by atoms with van der Waals surface area (Å²) in [7, 11) is 1.67. The second-order valence-corrected chi connectivity index (χ2v) is 10.0. The molecule has 8 heteroatoms. The van der Waals surface area contributed by atoms with Gasteiger partial charge in [-0.3, -0.25) is 4.79 Å². The Morgan fingerprint density at radius 3 is 2.65 bits per heavy atom. The fraction of sp³-hybridized carbons (Fsp3) is 0.500. The largest absolute Gasteiger partial charge is 0.497 e. The van der Waals surface area contributed by atoms with E-state index in [0.717, 1.165) is 33.0 Å². The SMILES string of the molecule is COc1ccc(CSc2nnc(S[C@H](C)C(=O)NC3CCCC3)s2)cc1. The summed E-state index contributed by atoms with van der Waals surface area (Å²) in [6.07, 6.45) is 4.65. The van der Waals surface area contributed by atoms with Crippen molar-refractivity contribution in [1.82, 2.24) is 15.5 Å². The highest BCUT2D eigenvalue weighted by atomic mass is 32.2. The predicted octanol–water partition coefficient (Wildman–Crippen LogP) is 4.38. The lowest BCUT2D eigenvalue weighted by atomic mass is 10.2. The number of rotatable bonds is 8. The molecule has 1 N–H and O–H groups in total. The Bertz CT molecular complexity index is 715. The maximum absolute atomic E-state index is 12.3. The zero-order valence-corrected chi connectivity index (χ0v) is 17.4. The number of hydrogen-bond acceptors (Lipinski definition) is 7. The van der Waals surface area contributed by atoms with Crippen molar-refractivity contribution in [2.24, 2.45) is 0 Å². The predicted molar refractivity (Wildman–Crippen MR) is 108 cm³/mol. The van der Waals surface area contributed by atoms with E-state index >= 15 is 0 Å². The van der Waals surface area contributed by atoms with Crippen LogP contribution in [0.25, 0.3) is 0 Å². The monoisotopic (exact) mass is 409 g/mol. The summed E-state index contributed by atoms with van der Waals surface area (Å²) in [4.78, 5) is 12.3. The lowest BCUT2D eigenvalue weighted by Crippen LogP contribution is -2.37. The van der Waals surface area contributed by atoms with Crippen molar-refractivity contribution >= 4 is 40.8 Å². The molecule has 0 spiro atoms. The van der Waals surface area contributed by atoms with Crippen LogP contribution >= 0.6 is 34.9 Å². The van der Waals surface area contributed by atoms with Crippen molar-refractivity contribution < 1.29 is 9.53 Å². The van der Waals surface area contributed by atoms with Crippen molar-refractivity contribution in [3.63, 3.8) is 0 Å². The number of thioether (sulfide) groups is 2. The number of carbonyl (C=O) groups is 1. The van der Waals surface area contributed by atoms with Crippen LogP contribution in [0.15, 0.2) is 32.9 Å². The summed E-state index contributed by atoms with van der Waals surface area (Å²) in [5.74, 6) is 1.80. The highest BCUT2D eigenvalue weighted by Crippen LogP contribution is 2.33. The zero-order valence-electron chi connectivity index (χ0n) is 14.9. The van der Waals surface area contributed by atoms with E-state index < -0.39 is 0 Å². The second-order valence-electron chi connectivity index (χ2n) is 6.22. The Hall–Kier alpha value is -1.25. The van der Waals surface area contributed by atoms with Gasteiger partial charge in [-0.15, -0.1) is 10.2 Å². The molecular weight excluding hydrogens is 386 g/mol. The molecular formula is C18H23N3O2S3. The number of carbonyl (C=O) groups excluding carboxylic acids is 1. The molecule has 1 aliphatic carbocycles. The van der Waals surface area contributed by atoms with Crippen molar-refractivity contribution in [1.29, 1.82) is 0 Å². The Morgan fingerprint density at radius 2 is 1.96 bits per heavy atom. The molecule has 0 aliphatic heterocycles. The summed E-state index contributed by atoms with van der Waals surface area (Å²) >= 11 is 4.69. The Morgan fingerprint density at radius 1 is 1.27 bits per heavy atom. The number of benzene rings is 1. The number of hydrogen-bond donors (Lipinski definition) is 1. The average molecular weight is 410 g/mol. The Balaban J connectivity index is 1.46. The summed E-state index contributed by atoms with van der Waals surface area (Å²) in [5.41, 5.74) is 1.21. The molecule has 1 fully saturated rings. The smallest absolute Gasteiger partial charge is 0.233 e. The van der Waals surface area contributed by atoms with E-state index in [4.69, 9.17) is 4.74 Å². The second kappa shape index (κ2) is 9.62. The van der Waals surface area contributed by atoms with Gasteiger partial charge < -0.3 is 10.1 Å². The Kier molecular flexibility index (Phi) is 7.22. The van der Waals surface area contributed by atoms with Gasteiger partial charge in [0, 0.05) is 11.8 Å². The van der Waals surface area contributed by atoms with Crippen LogP contribution in [0.2, 0.25) is 0 Å². The third-order valence-corrected chi connectivity index (χ3v) is 7.57. The highest BCUT2D eigenvalue weighted by Gasteiger charge is 2.22. The van der Waals surface area contributed by atoms with Gasteiger partial charge in [0.15, 0.2) is 8.68 Å². The van der Waals surface area contributed by atoms with Crippen molar-refractivity contribution in [2.45, 2.75) is 58.3 Å². The zero-order chi connectivity index (χ0) is 18.4. The van der Waals surface area contributed by atoms with Crippen molar-refractivity contribution in [3.8, 4) is 5.75 Å². The molecule has 0 unspecified atom stereocenters. The molecule has 1 aliphatic rings. The summed E-state index contributed by atoms with van der Waals surface area (Å²) < 4.78 is 6.94. The quantitative estimate of drug-likeness (QED) is 0.653. The fourth-order valence-corrected chi connectivity index (χ4v) is 5.89. The molecule has 140 valence electrons. The normalized spacial score (nSPS) is 15.8. The molecule has 3 rings (SSSR count). The van der Waals surface area contributed by atoms with E-state index in [1.165, 1.54) is 30.2 Å². The first-order valence-electron chi connectivity index (χ1n) is 8.70. The number of nitrogens with zero attached hydrogens (tertiary/aromatic N) is 2. The standard InChI is InChI=1S/C18H23N3O2S3/c1-12(16(22)19-14-5-3-4-6-14)25-18-21-20-17(26-18)24-11-13-7-9-15(23-2)10-8-13/h7-10,12,14H,3-6,11H2,1-2H3,(H,19,22)/t12-/m1/s1. The van der Waals surface area contributed by atoms with Crippen LogP contribution < -0.4 is 10.1 Å². The Labute approximate surface area is 166 Å². The number of ether oxygens (including phenoxy) is 1. The molecule has 1 heterocycles. The van der Waals surface area contributed by atoms with Gasteiger partial charge in [-0.2, -0.15) is 0 Å². The molecule has 5 nitrogen and oxygen atoms in total. The van der Waals surface area contributed by atoms with Crippen LogP contribution in [0.4, 0.5) is 0 Å². The van der Waals surface area contributed by atoms with E-state index in [1.807, 2.05) is 19.1 Å². The fourth-order valence-electron chi connectivity index (χ4n) is 2.76. The van der Waals surface area contributed by atoms with E-state index in [0.29, 0.717) is 6.04 Å². The van der Waals surface area contributed by atoms with Crippen LogP contribution in [0.5, 0.6) is 5.75 Å². The lowest BCUT2D eigenvalue weighted by Gasteiger charge is -2.15. The van der Waals surface area contributed by atoms with Crippen LogP contribution in [0.3, 0.4) is 0 Å². The molecule has 0 bridgehead atoms. The van der Waals surface area contributed by atoms with Gasteiger partial charge >= 0.3 is 0 Å². The van der Waals surface area contributed by atoms with Crippen molar-refractivity contribution in [3.05, 3.63) is 29.8 Å². The van der Waals surface area contributed by atoms with Gasteiger partial charge in [0.1, 0.15) is 5.75 Å². The maximum atomic E-state index is 12.3. The van der Waals surface area contributed by atoms with Gasteiger partial charge in [0.2, 0.25) is 5.91 Å². The van der Waals surface area contributed by atoms with Crippen LogP contribution in [0, 0.1) is 0 Å². The molecule has 0 radical (unpaired) electrons. The summed E-state index contributed by atoms with van der Waals surface area (Å²) in [5, 5.41) is 11.4. The van der Waals surface area contributed by atoms with Gasteiger partial charge in [-0.25, -0.2) is 0 Å². The van der Waals surface area contributed by atoms with E-state index in [2.05, 4.69) is 27.6 Å². The van der Waals surface area contributed by atoms with Gasteiger partial charge in [0.25, 0.3) is 0 Å². The molecule has 1 saturated carbocycles. The lowest BCUT2D eigenvalue weighted by molar-refractivity contribution is -0.120. The third kappa shape index (κ3) is 5.62. The van der Waals surface area contributed by atoms with Gasteiger partial charge in [-0.1, -0.05) is 59.8 Å². The minimum Gasteiger partial charge on any atom is -0.497 e. The first-order valence-corrected chi connectivity index (χ1v) is 11.4. The van der Waals surface area contributed by atoms with Crippen molar-refractivity contribution in [2.75, 3.05) is 7.11 Å². The minimum absolute atomic E-state index is 0.101. The molecule has 1 amide bonds. The van der Waals surface area contributed by atoms with Crippen LogP contribution in [-0.2, 0) is 10.5 Å². The first kappa shape index (κ1) is 19.5. The van der Waals surface area contributed by atoms with E-state index in [1.54, 1.807) is 30.2 Å². The summed E-state index contributed by atoms with van der Waals surface area (Å²) in [6, 6.07) is 8.38. The molecule has 26 heavy (non-hydrogen) atoms. The highest BCUT2D eigenvalue weighted by molar-refractivity contribution is 8.03. The molecule has 1 aromatic carbocycles. The van der Waals surface area contributed by atoms with Crippen LogP contribution in [0.1, 0.15) is 38.2 Å². The minimum atomic E-state index is -0.150. The first-order chi connectivity index (χ1) is 12.6. The molecule has 0 saturated heterocycles. The topological polar surface area (TPSA) is 64.1 Å². The number of aromatic nitrogens is 2. The van der Waals surface area contributed by atoms with Crippen LogP contribution in [-0.4, -0.2) is 34.5 Å². The van der Waals surface area contributed by atoms with Gasteiger partial charge in [-0.05, 0) is 37.5 Å². The summed E-state index contributed by atoms with van der Waals surface area (Å²) in [6.45, 7) is 1.93. The van der Waals surface area contributed by atoms with E-state index in [-0.39, 0.29) is 11.2 Å². The average Bonchev–Trinajstić information content (AvgIpc) is 3.32. The molecule has 1 aromatic heterocycles. The number of amides is 1. The third-order valence-electron chi connectivity index (χ3n) is 4.26. The maximum Gasteiger partial charge on any atom is 0.233 e.